The fraction of sp³-hybridized carbons (Fsp3) is 0.647. The van der Waals surface area contributed by atoms with E-state index in [-0.39, 0.29) is 43.5 Å². The summed E-state index contributed by atoms with van der Waals surface area (Å²) >= 11 is 0. The van der Waals surface area contributed by atoms with Crippen LogP contribution in [0.15, 0.2) is 6.33 Å². The molecule has 1 atom stereocenters. The highest BCUT2D eigenvalue weighted by molar-refractivity contribution is 5.71. The molecule has 26 heavy (non-hydrogen) atoms. The topological polar surface area (TPSA) is 123 Å². The molecular weight excluding hydrogens is 334 g/mol. The van der Waals surface area contributed by atoms with Crippen LogP contribution < -0.4 is 9.80 Å². The Morgan fingerprint density at radius 2 is 2.00 bits per heavy atom. The molecule has 0 spiro atoms. The SMILES string of the molecule is CCC1CCCCN1c1ncnc(N(CCC#N)CCC#N)c1[N+](=O)[O-]. The molecule has 1 aromatic heterocycles. The maximum absolute atomic E-state index is 11.9. The molecule has 1 aromatic rings. The van der Waals surface area contributed by atoms with Gasteiger partial charge in [-0.2, -0.15) is 10.5 Å². The number of piperidine rings is 1. The minimum Gasteiger partial charge on any atom is -0.349 e. The monoisotopic (exact) mass is 357 g/mol. The Morgan fingerprint density at radius 3 is 2.58 bits per heavy atom. The van der Waals surface area contributed by atoms with Gasteiger partial charge in [0.25, 0.3) is 0 Å². The molecule has 0 aromatic carbocycles. The third-order valence-electron chi connectivity index (χ3n) is 4.62. The van der Waals surface area contributed by atoms with Crippen molar-refractivity contribution in [3.63, 3.8) is 0 Å². The van der Waals surface area contributed by atoms with E-state index in [1.807, 2.05) is 17.0 Å². The number of nitro groups is 1. The Morgan fingerprint density at radius 1 is 1.31 bits per heavy atom. The Hall–Kier alpha value is -2.94. The molecule has 1 aliphatic heterocycles. The molecular formula is C17H23N7O2. The number of nitriles is 2. The van der Waals surface area contributed by atoms with Crippen LogP contribution in [0.25, 0.3) is 0 Å². The predicted octanol–water partition coefficient (Wildman–Crippen LogP) is 2.79. The molecule has 0 amide bonds. The highest BCUT2D eigenvalue weighted by Gasteiger charge is 2.33. The average molecular weight is 357 g/mol. The molecule has 0 radical (unpaired) electrons. The summed E-state index contributed by atoms with van der Waals surface area (Å²) in [5, 5.41) is 29.6. The summed E-state index contributed by atoms with van der Waals surface area (Å²) in [6, 6.07) is 4.30. The lowest BCUT2D eigenvalue weighted by Crippen LogP contribution is -2.40. The number of rotatable bonds is 8. The van der Waals surface area contributed by atoms with E-state index in [1.54, 1.807) is 4.90 Å². The smallest absolute Gasteiger partial charge is 0.349 e. The number of aromatic nitrogens is 2. The summed E-state index contributed by atoms with van der Waals surface area (Å²) in [7, 11) is 0. The molecule has 2 heterocycles. The third-order valence-corrected chi connectivity index (χ3v) is 4.62. The molecule has 1 saturated heterocycles. The second-order valence-corrected chi connectivity index (χ2v) is 6.18. The van der Waals surface area contributed by atoms with Crippen molar-refractivity contribution in [1.82, 2.24) is 9.97 Å². The minimum absolute atomic E-state index is 0.135. The highest BCUT2D eigenvalue weighted by Crippen LogP contribution is 2.37. The van der Waals surface area contributed by atoms with Gasteiger partial charge >= 0.3 is 5.69 Å². The molecule has 9 nitrogen and oxygen atoms in total. The number of nitrogens with zero attached hydrogens (tertiary/aromatic N) is 7. The quantitative estimate of drug-likeness (QED) is 0.514. The van der Waals surface area contributed by atoms with Gasteiger partial charge in [0.2, 0.25) is 11.6 Å². The number of anilines is 2. The molecule has 9 heteroatoms. The van der Waals surface area contributed by atoms with E-state index in [1.165, 1.54) is 6.33 Å². The zero-order chi connectivity index (χ0) is 18.9. The van der Waals surface area contributed by atoms with Gasteiger partial charge in [0.1, 0.15) is 6.33 Å². The van der Waals surface area contributed by atoms with Crippen LogP contribution in [0, 0.1) is 32.8 Å². The Balaban J connectivity index is 2.47. The lowest BCUT2D eigenvalue weighted by atomic mass is 10.00. The maximum Gasteiger partial charge on any atom is 0.353 e. The van der Waals surface area contributed by atoms with Crippen LogP contribution in [0.1, 0.15) is 45.4 Å². The van der Waals surface area contributed by atoms with Gasteiger partial charge in [-0.25, -0.2) is 9.97 Å². The molecule has 138 valence electrons. The van der Waals surface area contributed by atoms with Crippen molar-refractivity contribution in [2.45, 2.75) is 51.5 Å². The van der Waals surface area contributed by atoms with Gasteiger partial charge in [-0.05, 0) is 25.7 Å². The van der Waals surface area contributed by atoms with Crippen molar-refractivity contribution in [2.75, 3.05) is 29.4 Å². The molecule has 0 N–H and O–H groups in total. The molecule has 1 unspecified atom stereocenters. The first kappa shape index (κ1) is 19.4. The lowest BCUT2D eigenvalue weighted by molar-refractivity contribution is -0.383. The summed E-state index contributed by atoms with van der Waals surface area (Å²) in [4.78, 5) is 23.5. The van der Waals surface area contributed by atoms with Gasteiger partial charge in [0, 0.05) is 25.7 Å². The summed E-state index contributed by atoms with van der Waals surface area (Å²) < 4.78 is 0. The van der Waals surface area contributed by atoms with Crippen molar-refractivity contribution in [3.8, 4) is 12.1 Å². The van der Waals surface area contributed by atoms with Crippen molar-refractivity contribution in [1.29, 1.82) is 10.5 Å². The Kier molecular flexibility index (Phi) is 7.10. The third kappa shape index (κ3) is 4.37. The average Bonchev–Trinajstić information content (AvgIpc) is 2.67. The molecule has 0 saturated carbocycles. The van der Waals surface area contributed by atoms with Gasteiger partial charge < -0.3 is 9.80 Å². The fourth-order valence-corrected chi connectivity index (χ4v) is 3.36. The van der Waals surface area contributed by atoms with E-state index in [9.17, 15) is 10.1 Å². The highest BCUT2D eigenvalue weighted by atomic mass is 16.6. The van der Waals surface area contributed by atoms with Gasteiger partial charge in [-0.1, -0.05) is 6.92 Å². The van der Waals surface area contributed by atoms with Crippen molar-refractivity contribution in [2.24, 2.45) is 0 Å². The van der Waals surface area contributed by atoms with Crippen molar-refractivity contribution >= 4 is 17.3 Å². The first-order chi connectivity index (χ1) is 12.6. The van der Waals surface area contributed by atoms with Gasteiger partial charge in [-0.3, -0.25) is 10.1 Å². The first-order valence-corrected chi connectivity index (χ1v) is 8.88. The minimum atomic E-state index is -0.447. The van der Waals surface area contributed by atoms with Crippen LogP contribution in [0.3, 0.4) is 0 Å². The molecule has 0 aliphatic carbocycles. The van der Waals surface area contributed by atoms with Crippen LogP contribution in [0.5, 0.6) is 0 Å². The number of hydrogen-bond acceptors (Lipinski definition) is 8. The van der Waals surface area contributed by atoms with Gasteiger partial charge in [-0.15, -0.1) is 0 Å². The van der Waals surface area contributed by atoms with E-state index in [2.05, 4.69) is 16.9 Å². The van der Waals surface area contributed by atoms with E-state index < -0.39 is 4.92 Å². The Labute approximate surface area is 153 Å². The van der Waals surface area contributed by atoms with Crippen molar-refractivity contribution < 1.29 is 4.92 Å². The van der Waals surface area contributed by atoms with Crippen LogP contribution in [0.2, 0.25) is 0 Å². The summed E-state index contributed by atoms with van der Waals surface area (Å²) in [5.74, 6) is 0.524. The first-order valence-electron chi connectivity index (χ1n) is 8.88. The van der Waals surface area contributed by atoms with E-state index >= 15 is 0 Å². The maximum atomic E-state index is 11.9. The van der Waals surface area contributed by atoms with Crippen LogP contribution in [-0.2, 0) is 0 Å². The van der Waals surface area contributed by atoms with Crippen molar-refractivity contribution in [3.05, 3.63) is 16.4 Å². The van der Waals surface area contributed by atoms with Crippen LogP contribution in [-0.4, -0.2) is 40.6 Å². The molecule has 0 bridgehead atoms. The lowest BCUT2D eigenvalue weighted by Gasteiger charge is -2.36. The van der Waals surface area contributed by atoms with Gasteiger partial charge in [0.15, 0.2) is 0 Å². The summed E-state index contributed by atoms with van der Waals surface area (Å²) in [6.45, 7) is 3.37. The summed E-state index contributed by atoms with van der Waals surface area (Å²) in [6.07, 6.45) is 5.69. The summed E-state index contributed by atoms with van der Waals surface area (Å²) in [5.41, 5.74) is -0.135. The Bertz CT molecular complexity index is 692. The van der Waals surface area contributed by atoms with E-state index in [4.69, 9.17) is 10.5 Å². The van der Waals surface area contributed by atoms with E-state index in [0.717, 1.165) is 32.2 Å². The predicted molar refractivity (Wildman–Crippen MR) is 96.6 cm³/mol. The van der Waals surface area contributed by atoms with Gasteiger partial charge in [0.05, 0.1) is 29.9 Å². The zero-order valence-corrected chi connectivity index (χ0v) is 15.0. The van der Waals surface area contributed by atoms with Crippen LogP contribution in [0.4, 0.5) is 17.3 Å². The fourth-order valence-electron chi connectivity index (χ4n) is 3.36. The standard InChI is InChI=1S/C17H23N7O2/c1-2-14-7-3-4-12-23(14)17-15(24(25)26)16(20-13-21-17)22(10-5-8-18)11-6-9-19/h13-14H,2-7,10-12H2,1H3. The number of hydrogen-bond donors (Lipinski definition) is 0. The van der Waals surface area contributed by atoms with E-state index in [0.29, 0.717) is 5.82 Å². The molecule has 1 fully saturated rings. The normalized spacial score (nSPS) is 16.6. The molecule has 2 rings (SSSR count). The van der Waals surface area contributed by atoms with Crippen LogP contribution >= 0.6 is 0 Å². The second-order valence-electron chi connectivity index (χ2n) is 6.18. The largest absolute Gasteiger partial charge is 0.353 e. The second kappa shape index (κ2) is 9.52. The zero-order valence-electron chi connectivity index (χ0n) is 15.0. The molecule has 1 aliphatic rings.